The molecule has 0 aliphatic heterocycles. The lowest BCUT2D eigenvalue weighted by Gasteiger charge is -2.09. The second kappa shape index (κ2) is 5.34. The van der Waals surface area contributed by atoms with Gasteiger partial charge >= 0.3 is 0 Å². The number of nitrogen functional groups attached to an aromatic ring is 1. The molecule has 0 fully saturated rings. The minimum absolute atomic E-state index is 0.185. The van der Waals surface area contributed by atoms with Gasteiger partial charge in [-0.3, -0.25) is 0 Å². The van der Waals surface area contributed by atoms with Crippen LogP contribution in [0.15, 0.2) is 28.7 Å². The van der Waals surface area contributed by atoms with Crippen molar-refractivity contribution in [3.05, 3.63) is 44.3 Å². The summed E-state index contributed by atoms with van der Waals surface area (Å²) in [6, 6.07) is 7.07. The third-order valence-corrected chi connectivity index (χ3v) is 3.73. The van der Waals surface area contributed by atoms with Gasteiger partial charge in [0.05, 0.1) is 5.02 Å². The quantitative estimate of drug-likeness (QED) is 0.845. The summed E-state index contributed by atoms with van der Waals surface area (Å²) in [6.45, 7) is 1.96. The van der Waals surface area contributed by atoms with Crippen LogP contribution in [-0.4, -0.2) is 4.98 Å². The summed E-state index contributed by atoms with van der Waals surface area (Å²) in [4.78, 5) is 4.00. The highest BCUT2D eigenvalue weighted by Gasteiger charge is 2.09. The Morgan fingerprint density at radius 2 is 1.94 bits per heavy atom. The van der Waals surface area contributed by atoms with E-state index in [-0.39, 0.29) is 11.7 Å². The molecule has 3 nitrogen and oxygen atoms in total. The largest absolute Gasteiger partial charge is 0.437 e. The Labute approximate surface area is 123 Å². The first-order chi connectivity index (χ1) is 8.47. The van der Waals surface area contributed by atoms with Gasteiger partial charge in [-0.2, -0.15) is 4.98 Å². The van der Waals surface area contributed by atoms with Crippen molar-refractivity contribution in [1.82, 2.24) is 4.98 Å². The number of benzene rings is 1. The summed E-state index contributed by atoms with van der Waals surface area (Å²) in [5.74, 6) is 1.05. The van der Waals surface area contributed by atoms with Gasteiger partial charge in [0.15, 0.2) is 0 Å². The third kappa shape index (κ3) is 2.88. The fraction of sp³-hybridized carbons (Fsp3) is 0.0833. The molecule has 2 N–H and O–H groups in total. The van der Waals surface area contributed by atoms with Crippen LogP contribution in [0.3, 0.4) is 0 Å². The summed E-state index contributed by atoms with van der Waals surface area (Å²) >= 11 is 15.2. The zero-order chi connectivity index (χ0) is 13.3. The lowest BCUT2D eigenvalue weighted by atomic mass is 10.2. The number of rotatable bonds is 2. The van der Waals surface area contributed by atoms with Crippen molar-refractivity contribution in [2.45, 2.75) is 6.92 Å². The average molecular weight is 348 g/mol. The fourth-order valence-electron chi connectivity index (χ4n) is 1.33. The molecule has 0 bridgehead atoms. The Hall–Kier alpha value is -0.970. The lowest BCUT2D eigenvalue weighted by molar-refractivity contribution is 0.463. The molecule has 1 aromatic carbocycles. The molecule has 0 spiro atoms. The van der Waals surface area contributed by atoms with Gasteiger partial charge in [0.1, 0.15) is 16.6 Å². The zero-order valence-electron chi connectivity index (χ0n) is 9.38. The lowest BCUT2D eigenvalue weighted by Crippen LogP contribution is -1.96. The van der Waals surface area contributed by atoms with Gasteiger partial charge < -0.3 is 10.5 Å². The molecule has 0 saturated carbocycles. The summed E-state index contributed by atoms with van der Waals surface area (Å²) in [7, 11) is 0. The number of aromatic nitrogens is 1. The molecule has 0 aliphatic rings. The molecule has 18 heavy (non-hydrogen) atoms. The van der Waals surface area contributed by atoms with Crippen molar-refractivity contribution in [3.8, 4) is 11.6 Å². The van der Waals surface area contributed by atoms with Gasteiger partial charge in [0.25, 0.3) is 0 Å². The first kappa shape index (κ1) is 13.5. The molecule has 1 heterocycles. The number of hydrogen-bond acceptors (Lipinski definition) is 3. The summed E-state index contributed by atoms with van der Waals surface area (Å²) in [6.07, 6.45) is 0. The predicted molar refractivity (Wildman–Crippen MR) is 77.6 cm³/mol. The highest BCUT2D eigenvalue weighted by molar-refractivity contribution is 9.10. The molecule has 0 atom stereocenters. The van der Waals surface area contributed by atoms with E-state index in [2.05, 4.69) is 20.9 Å². The van der Waals surface area contributed by atoms with E-state index in [0.717, 1.165) is 10.0 Å². The number of hydrogen-bond donors (Lipinski definition) is 1. The molecule has 2 aromatic rings. The van der Waals surface area contributed by atoms with Crippen molar-refractivity contribution in [1.29, 1.82) is 0 Å². The summed E-state index contributed by atoms with van der Waals surface area (Å²) in [5.41, 5.74) is 6.65. The van der Waals surface area contributed by atoms with Gasteiger partial charge in [0, 0.05) is 4.47 Å². The molecular formula is C12H9BrCl2N2O. The van der Waals surface area contributed by atoms with Crippen LogP contribution >= 0.6 is 39.1 Å². The molecule has 1 aromatic heterocycles. The summed E-state index contributed by atoms with van der Waals surface area (Å²) in [5, 5.41) is 0.620. The van der Waals surface area contributed by atoms with E-state index in [9.17, 15) is 0 Å². The topological polar surface area (TPSA) is 48.1 Å². The number of pyridine rings is 1. The normalized spacial score (nSPS) is 10.4. The predicted octanol–water partition coefficient (Wildman–Crippen LogP) is 4.83. The van der Waals surface area contributed by atoms with Crippen LogP contribution in [0.1, 0.15) is 5.56 Å². The molecular weight excluding hydrogens is 339 g/mol. The van der Waals surface area contributed by atoms with Crippen molar-refractivity contribution in [2.75, 3.05) is 5.73 Å². The van der Waals surface area contributed by atoms with Gasteiger partial charge in [0.2, 0.25) is 5.88 Å². The zero-order valence-corrected chi connectivity index (χ0v) is 12.5. The maximum absolute atomic E-state index is 5.99. The van der Waals surface area contributed by atoms with Crippen LogP contribution in [0.5, 0.6) is 11.6 Å². The van der Waals surface area contributed by atoms with Crippen molar-refractivity contribution >= 4 is 44.9 Å². The minimum Gasteiger partial charge on any atom is -0.437 e. The minimum atomic E-state index is 0.185. The SMILES string of the molecule is Cc1cc(Oc2nc(N)c(Cl)cc2Cl)ccc1Br. The van der Waals surface area contributed by atoms with E-state index in [4.69, 9.17) is 33.7 Å². The Morgan fingerprint density at radius 1 is 1.22 bits per heavy atom. The number of nitrogens with zero attached hydrogens (tertiary/aromatic N) is 1. The van der Waals surface area contributed by atoms with Crippen molar-refractivity contribution in [3.63, 3.8) is 0 Å². The Morgan fingerprint density at radius 3 is 2.61 bits per heavy atom. The second-order valence-corrected chi connectivity index (χ2v) is 5.32. The van der Waals surface area contributed by atoms with Crippen molar-refractivity contribution < 1.29 is 4.74 Å². The first-order valence-corrected chi connectivity index (χ1v) is 6.58. The highest BCUT2D eigenvalue weighted by Crippen LogP contribution is 2.33. The number of halogens is 3. The van der Waals surface area contributed by atoms with E-state index in [0.29, 0.717) is 15.8 Å². The molecule has 0 saturated heterocycles. The maximum atomic E-state index is 5.99. The number of anilines is 1. The van der Waals surface area contributed by atoms with E-state index >= 15 is 0 Å². The first-order valence-electron chi connectivity index (χ1n) is 5.03. The molecule has 0 radical (unpaired) electrons. The molecule has 0 aliphatic carbocycles. The van der Waals surface area contributed by atoms with Crippen LogP contribution in [0, 0.1) is 6.92 Å². The third-order valence-electron chi connectivity index (χ3n) is 2.27. The molecule has 6 heteroatoms. The highest BCUT2D eigenvalue weighted by atomic mass is 79.9. The molecule has 94 valence electrons. The monoisotopic (exact) mass is 346 g/mol. The van der Waals surface area contributed by atoms with E-state index in [1.54, 1.807) is 6.07 Å². The van der Waals surface area contributed by atoms with Gasteiger partial charge in [-0.25, -0.2) is 0 Å². The van der Waals surface area contributed by atoms with Gasteiger partial charge in [-0.1, -0.05) is 39.1 Å². The van der Waals surface area contributed by atoms with Crippen molar-refractivity contribution in [2.24, 2.45) is 0 Å². The van der Waals surface area contributed by atoms with E-state index in [1.165, 1.54) is 6.07 Å². The molecule has 0 amide bonds. The summed E-state index contributed by atoms with van der Waals surface area (Å²) < 4.78 is 6.58. The Bertz CT molecular complexity index is 605. The molecule has 2 rings (SSSR count). The number of nitrogens with two attached hydrogens (primary N) is 1. The smallest absolute Gasteiger partial charge is 0.240 e. The molecule has 0 unspecified atom stereocenters. The Kier molecular flexibility index (Phi) is 4.00. The van der Waals surface area contributed by atoms with Crippen LogP contribution in [0.2, 0.25) is 10.0 Å². The van der Waals surface area contributed by atoms with Crippen LogP contribution in [-0.2, 0) is 0 Å². The van der Waals surface area contributed by atoms with Gasteiger partial charge in [-0.05, 0) is 36.8 Å². The maximum Gasteiger partial charge on any atom is 0.240 e. The second-order valence-electron chi connectivity index (χ2n) is 3.66. The number of ether oxygens (including phenoxy) is 1. The van der Waals surface area contributed by atoms with E-state index in [1.807, 2.05) is 19.1 Å². The van der Waals surface area contributed by atoms with E-state index < -0.39 is 0 Å². The van der Waals surface area contributed by atoms with Crippen LogP contribution in [0.4, 0.5) is 5.82 Å². The Balaban J connectivity index is 2.34. The van der Waals surface area contributed by atoms with Gasteiger partial charge in [-0.15, -0.1) is 0 Å². The number of aryl methyl sites for hydroxylation is 1. The van der Waals surface area contributed by atoms with Crippen LogP contribution < -0.4 is 10.5 Å². The van der Waals surface area contributed by atoms with Crippen LogP contribution in [0.25, 0.3) is 0 Å². The average Bonchev–Trinajstić information content (AvgIpc) is 2.31. The standard InChI is InChI=1S/C12H9BrCl2N2O/c1-6-4-7(2-3-8(6)13)18-12-10(15)5-9(14)11(16)17-12/h2-5H,1H3,(H2,16,17). The fourth-order valence-corrected chi connectivity index (χ4v) is 1.97.